The smallest absolute Gasteiger partial charge is 0.0771 e. The van der Waals surface area contributed by atoms with E-state index in [-0.39, 0.29) is 24.8 Å². The highest BCUT2D eigenvalue weighted by atomic mass is 35.5. The summed E-state index contributed by atoms with van der Waals surface area (Å²) in [5.74, 6) is 0. The fourth-order valence-electron chi connectivity index (χ4n) is 1.77. The van der Waals surface area contributed by atoms with Crippen LogP contribution in [0, 0.1) is 0 Å². The van der Waals surface area contributed by atoms with Gasteiger partial charge in [-0.25, -0.2) is 0 Å². The largest absolute Gasteiger partial charge is 0.389 e. The average molecular weight is 216 g/mol. The van der Waals surface area contributed by atoms with Gasteiger partial charge in [0.2, 0.25) is 0 Å². The van der Waals surface area contributed by atoms with Crippen molar-refractivity contribution in [3.63, 3.8) is 0 Å². The molecular formula is C8H19Cl2NO. The molecule has 0 aromatic rings. The van der Waals surface area contributed by atoms with Gasteiger partial charge in [-0.2, -0.15) is 0 Å². The monoisotopic (exact) mass is 215 g/mol. The van der Waals surface area contributed by atoms with Crippen LogP contribution in [0.15, 0.2) is 0 Å². The van der Waals surface area contributed by atoms with Crippen molar-refractivity contribution in [2.75, 3.05) is 7.05 Å². The van der Waals surface area contributed by atoms with Gasteiger partial charge in [-0.05, 0) is 26.8 Å². The molecule has 1 fully saturated rings. The van der Waals surface area contributed by atoms with Crippen LogP contribution in [0.2, 0.25) is 0 Å². The molecular weight excluding hydrogens is 197 g/mol. The highest BCUT2D eigenvalue weighted by Crippen LogP contribution is 2.27. The van der Waals surface area contributed by atoms with E-state index in [9.17, 15) is 5.11 Å². The van der Waals surface area contributed by atoms with E-state index in [0.717, 1.165) is 12.8 Å². The summed E-state index contributed by atoms with van der Waals surface area (Å²) in [6, 6.07) is 0.307. The minimum absolute atomic E-state index is 0. The molecule has 1 saturated carbocycles. The summed E-state index contributed by atoms with van der Waals surface area (Å²) in [5, 5.41) is 12.9. The molecule has 4 heteroatoms. The maximum absolute atomic E-state index is 9.77. The lowest BCUT2D eigenvalue weighted by Gasteiger charge is -2.36. The molecule has 76 valence electrons. The lowest BCUT2D eigenvalue weighted by molar-refractivity contribution is -0.00727. The second kappa shape index (κ2) is 6.03. The molecule has 0 amide bonds. The molecule has 2 unspecified atom stereocenters. The number of halogens is 2. The Kier molecular flexibility index (Phi) is 7.54. The first-order chi connectivity index (χ1) is 4.67. The van der Waals surface area contributed by atoms with Gasteiger partial charge in [-0.1, -0.05) is 12.8 Å². The second-order valence-corrected chi connectivity index (χ2v) is 3.44. The van der Waals surface area contributed by atoms with Gasteiger partial charge in [0.1, 0.15) is 0 Å². The third-order valence-corrected chi connectivity index (χ3v) is 2.52. The van der Waals surface area contributed by atoms with Gasteiger partial charge < -0.3 is 10.4 Å². The topological polar surface area (TPSA) is 32.3 Å². The van der Waals surface area contributed by atoms with Gasteiger partial charge in [0.05, 0.1) is 5.60 Å². The van der Waals surface area contributed by atoms with Crippen LogP contribution in [0.25, 0.3) is 0 Å². The molecule has 0 spiro atoms. The molecule has 12 heavy (non-hydrogen) atoms. The Balaban J connectivity index is 0. The number of nitrogens with one attached hydrogen (secondary N) is 1. The van der Waals surface area contributed by atoms with Crippen LogP contribution in [-0.4, -0.2) is 23.8 Å². The van der Waals surface area contributed by atoms with Gasteiger partial charge in [0.25, 0.3) is 0 Å². The second-order valence-electron chi connectivity index (χ2n) is 3.44. The predicted octanol–water partition coefficient (Wildman–Crippen LogP) is 1.74. The van der Waals surface area contributed by atoms with Gasteiger partial charge in [-0.3, -0.25) is 0 Å². The van der Waals surface area contributed by atoms with Gasteiger partial charge >= 0.3 is 0 Å². The molecule has 1 rings (SSSR count). The average Bonchev–Trinajstić information content (AvgIpc) is 1.87. The molecule has 0 aliphatic heterocycles. The maximum Gasteiger partial charge on any atom is 0.0771 e. The Morgan fingerprint density at radius 1 is 1.33 bits per heavy atom. The van der Waals surface area contributed by atoms with Crippen LogP contribution in [-0.2, 0) is 0 Å². The van der Waals surface area contributed by atoms with Crippen molar-refractivity contribution < 1.29 is 5.11 Å². The van der Waals surface area contributed by atoms with Crippen molar-refractivity contribution in [2.24, 2.45) is 0 Å². The minimum atomic E-state index is -0.465. The van der Waals surface area contributed by atoms with Gasteiger partial charge in [0.15, 0.2) is 0 Å². The summed E-state index contributed by atoms with van der Waals surface area (Å²) in [4.78, 5) is 0. The van der Waals surface area contributed by atoms with Crippen molar-refractivity contribution in [1.29, 1.82) is 0 Å². The summed E-state index contributed by atoms with van der Waals surface area (Å²) in [6.45, 7) is 1.92. The number of hydrogen-bond donors (Lipinski definition) is 2. The standard InChI is InChI=1S/C8H17NO.2ClH/c1-8(10)6-4-3-5-7(8)9-2;;/h7,9-10H,3-6H2,1-2H3;2*1H. The summed E-state index contributed by atoms with van der Waals surface area (Å²) >= 11 is 0. The summed E-state index contributed by atoms with van der Waals surface area (Å²) in [5.41, 5.74) is -0.465. The third kappa shape index (κ3) is 3.48. The molecule has 0 heterocycles. The molecule has 0 bridgehead atoms. The zero-order valence-corrected chi connectivity index (χ0v) is 9.30. The summed E-state index contributed by atoms with van der Waals surface area (Å²) in [6.07, 6.45) is 4.48. The lowest BCUT2D eigenvalue weighted by Crippen LogP contribution is -2.49. The first kappa shape index (κ1) is 15.0. The van der Waals surface area contributed by atoms with E-state index in [0.29, 0.717) is 6.04 Å². The Hall–Kier alpha value is 0.500. The Morgan fingerprint density at radius 2 is 1.92 bits per heavy atom. The van der Waals surface area contributed by atoms with Crippen LogP contribution in [0.5, 0.6) is 0 Å². The minimum Gasteiger partial charge on any atom is -0.389 e. The quantitative estimate of drug-likeness (QED) is 0.699. The first-order valence-corrected chi connectivity index (χ1v) is 4.06. The zero-order valence-electron chi connectivity index (χ0n) is 7.67. The first-order valence-electron chi connectivity index (χ1n) is 4.06. The van der Waals surface area contributed by atoms with Crippen molar-refractivity contribution in [3.05, 3.63) is 0 Å². The molecule has 0 aromatic carbocycles. The zero-order chi connectivity index (χ0) is 7.61. The predicted molar refractivity (Wildman–Crippen MR) is 56.4 cm³/mol. The molecule has 0 saturated heterocycles. The van der Waals surface area contributed by atoms with E-state index in [2.05, 4.69) is 5.32 Å². The van der Waals surface area contributed by atoms with Crippen LogP contribution in [0.3, 0.4) is 0 Å². The normalized spacial score (nSPS) is 34.8. The number of hydrogen-bond acceptors (Lipinski definition) is 2. The number of rotatable bonds is 1. The van der Waals surface area contributed by atoms with Crippen molar-refractivity contribution in [3.8, 4) is 0 Å². The molecule has 1 aliphatic carbocycles. The fraction of sp³-hybridized carbons (Fsp3) is 1.00. The van der Waals surface area contributed by atoms with Crippen molar-refractivity contribution in [2.45, 2.75) is 44.2 Å². The van der Waals surface area contributed by atoms with E-state index >= 15 is 0 Å². The van der Waals surface area contributed by atoms with Crippen LogP contribution < -0.4 is 5.32 Å². The maximum atomic E-state index is 9.77. The lowest BCUT2D eigenvalue weighted by atomic mass is 9.82. The van der Waals surface area contributed by atoms with E-state index < -0.39 is 5.60 Å². The molecule has 2 N–H and O–H groups in total. The van der Waals surface area contributed by atoms with E-state index in [4.69, 9.17) is 0 Å². The summed E-state index contributed by atoms with van der Waals surface area (Å²) < 4.78 is 0. The SMILES string of the molecule is CNC1CCCCC1(C)O.Cl.Cl. The van der Waals surface area contributed by atoms with E-state index in [1.165, 1.54) is 12.8 Å². The molecule has 2 atom stereocenters. The molecule has 1 aliphatic rings. The van der Waals surface area contributed by atoms with Crippen molar-refractivity contribution >= 4 is 24.8 Å². The summed E-state index contributed by atoms with van der Waals surface area (Å²) in [7, 11) is 1.92. The fourth-order valence-corrected chi connectivity index (χ4v) is 1.77. The van der Waals surface area contributed by atoms with Gasteiger partial charge in [0, 0.05) is 6.04 Å². The molecule has 0 radical (unpaired) electrons. The highest BCUT2D eigenvalue weighted by Gasteiger charge is 2.32. The highest BCUT2D eigenvalue weighted by molar-refractivity contribution is 5.85. The van der Waals surface area contributed by atoms with E-state index in [1.807, 2.05) is 14.0 Å². The van der Waals surface area contributed by atoms with Crippen LogP contribution >= 0.6 is 24.8 Å². The van der Waals surface area contributed by atoms with E-state index in [1.54, 1.807) is 0 Å². The van der Waals surface area contributed by atoms with Crippen molar-refractivity contribution in [1.82, 2.24) is 5.32 Å². The Bertz CT molecular complexity index is 120. The Labute approximate surface area is 86.9 Å². The van der Waals surface area contributed by atoms with Gasteiger partial charge in [-0.15, -0.1) is 24.8 Å². The Morgan fingerprint density at radius 3 is 2.25 bits per heavy atom. The molecule has 2 nitrogen and oxygen atoms in total. The van der Waals surface area contributed by atoms with Crippen LogP contribution in [0.1, 0.15) is 32.6 Å². The third-order valence-electron chi connectivity index (χ3n) is 2.52. The molecule has 0 aromatic heterocycles. The number of likely N-dealkylation sites (N-methyl/N-ethyl adjacent to an activating group) is 1. The number of aliphatic hydroxyl groups is 1. The van der Waals surface area contributed by atoms with Crippen LogP contribution in [0.4, 0.5) is 0 Å².